The first-order valence-electron chi connectivity index (χ1n) is 8.00. The van der Waals surface area contributed by atoms with E-state index in [1.807, 2.05) is 36.4 Å². The molecule has 0 bridgehead atoms. The Morgan fingerprint density at radius 1 is 0.826 bits per heavy atom. The van der Waals surface area contributed by atoms with E-state index >= 15 is 0 Å². The molecule has 1 N–H and O–H groups in total. The van der Waals surface area contributed by atoms with Crippen LogP contribution in [0.3, 0.4) is 0 Å². The quantitative estimate of drug-likeness (QED) is 0.736. The van der Waals surface area contributed by atoms with Gasteiger partial charge in [0.1, 0.15) is 18.1 Å². The van der Waals surface area contributed by atoms with Gasteiger partial charge in [0.05, 0.1) is 0 Å². The predicted molar refractivity (Wildman–Crippen MR) is 95.7 cm³/mol. The molecule has 3 heteroatoms. The van der Waals surface area contributed by atoms with Crippen LogP contribution in [-0.2, 0) is 0 Å². The van der Waals surface area contributed by atoms with Gasteiger partial charge in [-0.3, -0.25) is 4.48 Å². The van der Waals surface area contributed by atoms with Crippen LogP contribution in [0.1, 0.15) is 25.3 Å². The maximum absolute atomic E-state index is 10.3. The van der Waals surface area contributed by atoms with Crippen LogP contribution in [-0.4, -0.2) is 12.0 Å². The Morgan fingerprint density at radius 2 is 1.43 bits per heavy atom. The third-order valence-electron chi connectivity index (χ3n) is 4.19. The number of benzene rings is 2. The van der Waals surface area contributed by atoms with Gasteiger partial charge in [-0.1, -0.05) is 62.4 Å². The molecule has 0 unspecified atom stereocenters. The van der Waals surface area contributed by atoms with Crippen molar-refractivity contribution in [3.05, 3.63) is 84.7 Å². The van der Waals surface area contributed by atoms with Gasteiger partial charge in [0.2, 0.25) is 0 Å². The second-order valence-electron chi connectivity index (χ2n) is 6.11. The summed E-state index contributed by atoms with van der Waals surface area (Å²) in [7, 11) is 0. The van der Waals surface area contributed by atoms with Crippen LogP contribution >= 0.6 is 0 Å². The minimum absolute atomic E-state index is 0.0430. The van der Waals surface area contributed by atoms with Crippen LogP contribution < -0.4 is 15.4 Å². The van der Waals surface area contributed by atoms with Crippen LogP contribution in [0.4, 0.5) is 0 Å². The van der Waals surface area contributed by atoms with Crippen molar-refractivity contribution in [2.45, 2.75) is 19.8 Å². The number of hydrogen-bond donors (Lipinski definition) is 1. The summed E-state index contributed by atoms with van der Waals surface area (Å²) in [5, 5.41) is 10.3. The third-order valence-corrected chi connectivity index (χ3v) is 4.19. The lowest BCUT2D eigenvalue weighted by molar-refractivity contribution is -0.533. The van der Waals surface area contributed by atoms with E-state index < -0.39 is 0 Å². The lowest BCUT2D eigenvalue weighted by atomic mass is 9.50. The van der Waals surface area contributed by atoms with Gasteiger partial charge in [-0.15, -0.1) is 0 Å². The number of rotatable bonds is 4. The molecule has 0 aliphatic heterocycles. The number of nitrogens with zero attached hydrogens (tertiary/aromatic N) is 1. The fourth-order valence-corrected chi connectivity index (χ4v) is 2.87. The van der Waals surface area contributed by atoms with Crippen molar-refractivity contribution in [2.24, 2.45) is 0 Å². The highest BCUT2D eigenvalue weighted by molar-refractivity contribution is 6.78. The Kier molecular flexibility index (Phi) is 4.47. The van der Waals surface area contributed by atoms with E-state index in [2.05, 4.69) is 55.0 Å². The molecule has 1 heterocycles. The monoisotopic (exact) mass is 302 g/mol. The normalized spacial score (nSPS) is 10.7. The van der Waals surface area contributed by atoms with Gasteiger partial charge >= 0.3 is 6.85 Å². The Hall–Kier alpha value is -2.55. The maximum Gasteiger partial charge on any atom is 0.562 e. The first-order chi connectivity index (χ1) is 11.2. The van der Waals surface area contributed by atoms with Gasteiger partial charge in [0.25, 0.3) is 0 Å². The summed E-state index contributed by atoms with van der Waals surface area (Å²) in [4.78, 5) is 0. The number of phenols is 1. The molecule has 2 nitrogen and oxygen atoms in total. The molecule has 23 heavy (non-hydrogen) atoms. The molecule has 0 aliphatic carbocycles. The number of aromatic nitrogens is 1. The van der Waals surface area contributed by atoms with Gasteiger partial charge in [-0.05, 0) is 17.5 Å². The van der Waals surface area contributed by atoms with Crippen LogP contribution in [0.2, 0.25) is 0 Å². The van der Waals surface area contributed by atoms with E-state index in [9.17, 15) is 5.11 Å². The second-order valence-corrected chi connectivity index (χ2v) is 6.11. The van der Waals surface area contributed by atoms with Gasteiger partial charge in [0, 0.05) is 23.1 Å². The predicted octanol–water partition coefficient (Wildman–Crippen LogP) is 2.46. The molecule has 2 aromatic carbocycles. The SMILES string of the molecule is CC(C)c1cc[n+](B(c2ccccc2)c2ccccc2O)cc1. The van der Waals surface area contributed by atoms with Crippen LogP contribution in [0, 0.1) is 0 Å². The molecule has 0 aliphatic rings. The zero-order valence-electron chi connectivity index (χ0n) is 13.6. The van der Waals surface area contributed by atoms with E-state index in [0.29, 0.717) is 11.7 Å². The molecular formula is C20H21BNO+. The standard InChI is InChI=1S/C20H20BNO/c1-16(2)17-12-14-22(15-13-17)21(18-8-4-3-5-9-18)19-10-6-7-11-20(19)23/h3-16H,1-2H3/p+1. The Bertz CT molecular complexity index is 769. The second kappa shape index (κ2) is 6.70. The van der Waals surface area contributed by atoms with Crippen molar-refractivity contribution in [3.8, 4) is 5.75 Å². The molecule has 0 saturated heterocycles. The highest BCUT2D eigenvalue weighted by Crippen LogP contribution is 2.11. The first-order valence-corrected chi connectivity index (χ1v) is 8.00. The number of para-hydroxylation sites is 1. The van der Waals surface area contributed by atoms with Crippen molar-refractivity contribution in [1.29, 1.82) is 0 Å². The van der Waals surface area contributed by atoms with E-state index in [1.165, 1.54) is 5.56 Å². The lowest BCUT2D eigenvalue weighted by Gasteiger charge is -2.11. The Morgan fingerprint density at radius 3 is 2.04 bits per heavy atom. The van der Waals surface area contributed by atoms with Crippen molar-refractivity contribution in [1.82, 2.24) is 0 Å². The third kappa shape index (κ3) is 3.29. The van der Waals surface area contributed by atoms with E-state index in [0.717, 1.165) is 10.9 Å². The zero-order chi connectivity index (χ0) is 16.2. The Balaban J connectivity index is 2.11. The smallest absolute Gasteiger partial charge is 0.508 e. The molecule has 0 fully saturated rings. The molecule has 114 valence electrons. The highest BCUT2D eigenvalue weighted by atomic mass is 16.3. The van der Waals surface area contributed by atoms with Crippen molar-refractivity contribution >= 4 is 17.8 Å². The van der Waals surface area contributed by atoms with Crippen LogP contribution in [0.15, 0.2) is 79.1 Å². The largest absolute Gasteiger partial charge is 0.562 e. The zero-order valence-corrected chi connectivity index (χ0v) is 13.6. The fraction of sp³-hybridized carbons (Fsp3) is 0.150. The number of pyridine rings is 1. The average molecular weight is 302 g/mol. The average Bonchev–Trinajstić information content (AvgIpc) is 2.58. The summed E-state index contributed by atoms with van der Waals surface area (Å²) < 4.78 is 2.15. The molecule has 0 spiro atoms. The van der Waals surface area contributed by atoms with Crippen molar-refractivity contribution in [3.63, 3.8) is 0 Å². The number of hydrogen-bond acceptors (Lipinski definition) is 1. The summed E-state index contributed by atoms with van der Waals surface area (Å²) in [5.74, 6) is 0.826. The summed E-state index contributed by atoms with van der Waals surface area (Å²) in [6.45, 7) is 4.34. The summed E-state index contributed by atoms with van der Waals surface area (Å²) in [6, 6.07) is 22.1. The summed E-state index contributed by atoms with van der Waals surface area (Å²) in [5.41, 5.74) is 3.36. The molecule has 3 rings (SSSR count). The molecule has 0 amide bonds. The summed E-state index contributed by atoms with van der Waals surface area (Å²) in [6.07, 6.45) is 4.19. The minimum Gasteiger partial charge on any atom is -0.508 e. The van der Waals surface area contributed by atoms with E-state index in [-0.39, 0.29) is 6.85 Å². The molecule has 0 radical (unpaired) electrons. The van der Waals surface area contributed by atoms with Gasteiger partial charge in [-0.25, -0.2) is 0 Å². The van der Waals surface area contributed by atoms with Gasteiger partial charge < -0.3 is 5.11 Å². The van der Waals surface area contributed by atoms with Crippen molar-refractivity contribution in [2.75, 3.05) is 0 Å². The minimum atomic E-state index is -0.0430. The number of aromatic hydroxyl groups is 1. The molecule has 3 aromatic rings. The van der Waals surface area contributed by atoms with Gasteiger partial charge in [0.15, 0.2) is 0 Å². The van der Waals surface area contributed by atoms with Crippen LogP contribution in [0.25, 0.3) is 0 Å². The molecular weight excluding hydrogens is 281 g/mol. The first kappa shape index (κ1) is 15.4. The molecule has 0 atom stereocenters. The fourth-order valence-electron chi connectivity index (χ4n) is 2.87. The number of phenolic OH excluding ortho intramolecular Hbond substituents is 1. The van der Waals surface area contributed by atoms with Crippen LogP contribution in [0.5, 0.6) is 5.75 Å². The topological polar surface area (TPSA) is 24.1 Å². The Labute approximate surface area is 138 Å². The van der Waals surface area contributed by atoms with Crippen molar-refractivity contribution < 1.29 is 9.58 Å². The summed E-state index contributed by atoms with van der Waals surface area (Å²) >= 11 is 0. The molecule has 1 aromatic heterocycles. The highest BCUT2D eigenvalue weighted by Gasteiger charge is 2.35. The van der Waals surface area contributed by atoms with E-state index in [1.54, 1.807) is 6.07 Å². The molecule has 0 saturated carbocycles. The lowest BCUT2D eigenvalue weighted by Crippen LogP contribution is -2.65. The van der Waals surface area contributed by atoms with Gasteiger partial charge in [-0.2, -0.15) is 0 Å². The maximum atomic E-state index is 10.3. The van der Waals surface area contributed by atoms with E-state index in [4.69, 9.17) is 0 Å².